The van der Waals surface area contributed by atoms with Crippen LogP contribution in [0, 0.1) is 0 Å². The lowest BCUT2D eigenvalue weighted by Gasteiger charge is -2.31. The first-order valence-electron chi connectivity index (χ1n) is 10.9. The van der Waals surface area contributed by atoms with Crippen LogP contribution in [-0.4, -0.2) is 70.3 Å². The van der Waals surface area contributed by atoms with Gasteiger partial charge in [-0.2, -0.15) is 0 Å². The molecule has 1 aliphatic heterocycles. The van der Waals surface area contributed by atoms with Gasteiger partial charge in [-0.25, -0.2) is 0 Å². The van der Waals surface area contributed by atoms with Crippen LogP contribution in [0.5, 0.6) is 17.2 Å². The lowest BCUT2D eigenvalue weighted by atomic mass is 9.98. The third-order valence-electron chi connectivity index (χ3n) is 6.17. The van der Waals surface area contributed by atoms with Crippen molar-refractivity contribution in [3.63, 3.8) is 0 Å². The zero-order valence-electron chi connectivity index (χ0n) is 19.8. The lowest BCUT2D eigenvalue weighted by molar-refractivity contribution is -0.127. The molecule has 1 aliphatic rings. The standard InChI is InChI=1S/C26H30N2O5/c1-17(12-26(29)28-10-8-27(2)9-11-28)19-14-21-22(16-33-25(21)15-24(19)32-5)20-13-18(30-3)6-7-23(20)31-4/h6-7,12-16H,8-11H2,1-5H3/b17-12+. The highest BCUT2D eigenvalue weighted by Crippen LogP contribution is 2.41. The molecule has 4 rings (SSSR count). The van der Waals surface area contributed by atoms with Gasteiger partial charge in [0.05, 0.1) is 27.6 Å². The quantitative estimate of drug-likeness (QED) is 0.522. The van der Waals surface area contributed by atoms with E-state index in [0.29, 0.717) is 17.1 Å². The highest BCUT2D eigenvalue weighted by molar-refractivity contribution is 6.01. The predicted octanol–water partition coefficient (Wildman–Crippen LogP) is 4.30. The molecule has 2 aromatic carbocycles. The van der Waals surface area contributed by atoms with E-state index in [9.17, 15) is 4.79 Å². The van der Waals surface area contributed by atoms with Crippen LogP contribution in [0.25, 0.3) is 27.7 Å². The molecule has 0 spiro atoms. The molecule has 1 amide bonds. The summed E-state index contributed by atoms with van der Waals surface area (Å²) in [5.74, 6) is 2.11. The number of methoxy groups -OCH3 is 3. The first-order chi connectivity index (χ1) is 15.9. The zero-order valence-corrected chi connectivity index (χ0v) is 19.8. The molecule has 1 saturated heterocycles. The van der Waals surface area contributed by atoms with E-state index in [-0.39, 0.29) is 5.91 Å². The molecule has 3 aromatic rings. The average molecular weight is 451 g/mol. The molecule has 174 valence electrons. The second-order valence-corrected chi connectivity index (χ2v) is 8.22. The van der Waals surface area contributed by atoms with Crippen LogP contribution < -0.4 is 14.2 Å². The van der Waals surface area contributed by atoms with Crippen molar-refractivity contribution in [3.05, 3.63) is 48.2 Å². The monoisotopic (exact) mass is 450 g/mol. The van der Waals surface area contributed by atoms with Crippen LogP contribution in [0.1, 0.15) is 12.5 Å². The maximum Gasteiger partial charge on any atom is 0.246 e. The highest BCUT2D eigenvalue weighted by Gasteiger charge is 2.20. The van der Waals surface area contributed by atoms with Crippen LogP contribution in [0.15, 0.2) is 47.1 Å². The summed E-state index contributed by atoms with van der Waals surface area (Å²) in [4.78, 5) is 17.0. The molecule has 0 bridgehead atoms. The van der Waals surface area contributed by atoms with Crippen molar-refractivity contribution >= 4 is 22.4 Å². The smallest absolute Gasteiger partial charge is 0.246 e. The molecule has 33 heavy (non-hydrogen) atoms. The Kier molecular flexibility index (Phi) is 6.60. The van der Waals surface area contributed by atoms with E-state index in [4.69, 9.17) is 18.6 Å². The van der Waals surface area contributed by atoms with E-state index in [1.165, 1.54) is 0 Å². The average Bonchev–Trinajstić information content (AvgIpc) is 3.25. The van der Waals surface area contributed by atoms with Gasteiger partial charge < -0.3 is 28.4 Å². The van der Waals surface area contributed by atoms with Crippen LogP contribution >= 0.6 is 0 Å². The number of rotatable bonds is 6. The Morgan fingerprint density at radius 2 is 1.67 bits per heavy atom. The minimum absolute atomic E-state index is 0.0182. The number of ether oxygens (including phenoxy) is 3. The van der Waals surface area contributed by atoms with Gasteiger partial charge in [0, 0.05) is 60.4 Å². The number of carbonyl (C=O) groups is 1. The number of amides is 1. The molecule has 0 radical (unpaired) electrons. The molecule has 0 atom stereocenters. The number of fused-ring (bicyclic) bond motifs is 1. The molecule has 7 heteroatoms. The summed E-state index contributed by atoms with van der Waals surface area (Å²) in [6.45, 7) is 5.17. The van der Waals surface area contributed by atoms with Crippen molar-refractivity contribution in [2.75, 3.05) is 54.6 Å². The Hall–Kier alpha value is -3.45. The topological polar surface area (TPSA) is 64.4 Å². The van der Waals surface area contributed by atoms with Crippen molar-refractivity contribution in [2.24, 2.45) is 0 Å². The number of hydrogen-bond donors (Lipinski definition) is 0. The molecule has 0 aliphatic carbocycles. The first kappa shape index (κ1) is 22.7. The highest BCUT2D eigenvalue weighted by atomic mass is 16.5. The van der Waals surface area contributed by atoms with Crippen LogP contribution in [0.2, 0.25) is 0 Å². The third kappa shape index (κ3) is 4.54. The lowest BCUT2D eigenvalue weighted by Crippen LogP contribution is -2.46. The van der Waals surface area contributed by atoms with Gasteiger partial charge >= 0.3 is 0 Å². The number of allylic oxidation sites excluding steroid dienone is 1. The normalized spacial score (nSPS) is 15.1. The molecule has 0 N–H and O–H groups in total. The molecule has 0 saturated carbocycles. The molecule has 7 nitrogen and oxygen atoms in total. The van der Waals surface area contributed by atoms with Gasteiger partial charge in [0.25, 0.3) is 0 Å². The maximum absolute atomic E-state index is 12.9. The summed E-state index contributed by atoms with van der Waals surface area (Å²) in [5, 5.41) is 0.900. The fourth-order valence-corrected chi connectivity index (χ4v) is 4.15. The summed E-state index contributed by atoms with van der Waals surface area (Å²) >= 11 is 0. The molecule has 1 aromatic heterocycles. The minimum atomic E-state index is 0.0182. The van der Waals surface area contributed by atoms with E-state index >= 15 is 0 Å². The van der Waals surface area contributed by atoms with Crippen LogP contribution in [-0.2, 0) is 4.79 Å². The predicted molar refractivity (Wildman–Crippen MR) is 129 cm³/mol. The van der Waals surface area contributed by atoms with Crippen LogP contribution in [0.3, 0.4) is 0 Å². The Morgan fingerprint density at radius 3 is 2.33 bits per heavy atom. The van der Waals surface area contributed by atoms with E-state index in [1.54, 1.807) is 33.7 Å². The van der Waals surface area contributed by atoms with Gasteiger partial charge in [-0.1, -0.05) is 0 Å². The number of carbonyl (C=O) groups excluding carboxylic acids is 1. The fourth-order valence-electron chi connectivity index (χ4n) is 4.15. The zero-order chi connectivity index (χ0) is 23.5. The van der Waals surface area contributed by atoms with Gasteiger partial charge in [-0.05, 0) is 43.8 Å². The van der Waals surface area contributed by atoms with Gasteiger partial charge in [0.2, 0.25) is 5.91 Å². The summed E-state index contributed by atoms with van der Waals surface area (Å²) in [6, 6.07) is 9.52. The van der Waals surface area contributed by atoms with Crippen molar-refractivity contribution in [2.45, 2.75) is 6.92 Å². The first-order valence-corrected chi connectivity index (χ1v) is 10.9. The summed E-state index contributed by atoms with van der Waals surface area (Å²) < 4.78 is 22.5. The Morgan fingerprint density at radius 1 is 0.939 bits per heavy atom. The number of hydrogen-bond acceptors (Lipinski definition) is 6. The fraction of sp³-hybridized carbons (Fsp3) is 0.346. The van der Waals surface area contributed by atoms with E-state index in [0.717, 1.165) is 59.6 Å². The number of piperazine rings is 1. The van der Waals surface area contributed by atoms with Crippen LogP contribution in [0.4, 0.5) is 0 Å². The Labute approximate surface area is 194 Å². The summed E-state index contributed by atoms with van der Waals surface area (Å²) in [5.41, 5.74) is 4.11. The van der Waals surface area contributed by atoms with Crippen molar-refractivity contribution in [1.29, 1.82) is 0 Å². The molecule has 0 unspecified atom stereocenters. The largest absolute Gasteiger partial charge is 0.497 e. The SMILES string of the molecule is COc1ccc(OC)c(-c2coc3cc(OC)c(/C(C)=C/C(=O)N4CCN(C)CC4)cc23)c1. The number of benzene rings is 2. The van der Waals surface area contributed by atoms with Gasteiger partial charge in [0.1, 0.15) is 22.8 Å². The Bertz CT molecular complexity index is 1190. The number of likely N-dealkylation sites (N-methyl/N-ethyl adjacent to an activating group) is 1. The van der Waals surface area contributed by atoms with Crippen molar-refractivity contribution in [3.8, 4) is 28.4 Å². The third-order valence-corrected chi connectivity index (χ3v) is 6.17. The number of furan rings is 1. The summed E-state index contributed by atoms with van der Waals surface area (Å²) in [7, 11) is 6.96. The molecule has 2 heterocycles. The van der Waals surface area contributed by atoms with E-state index < -0.39 is 0 Å². The van der Waals surface area contributed by atoms with E-state index in [2.05, 4.69) is 11.9 Å². The molecule has 1 fully saturated rings. The van der Waals surface area contributed by atoms with Gasteiger partial charge in [-0.3, -0.25) is 4.79 Å². The Balaban J connectivity index is 1.76. The minimum Gasteiger partial charge on any atom is -0.497 e. The maximum atomic E-state index is 12.9. The van der Waals surface area contributed by atoms with Gasteiger partial charge in [0.15, 0.2) is 0 Å². The molecular formula is C26H30N2O5. The van der Waals surface area contributed by atoms with Gasteiger partial charge in [-0.15, -0.1) is 0 Å². The summed E-state index contributed by atoms with van der Waals surface area (Å²) in [6.07, 6.45) is 3.40. The van der Waals surface area contributed by atoms with E-state index in [1.807, 2.05) is 42.2 Å². The second kappa shape index (κ2) is 9.58. The molecular weight excluding hydrogens is 420 g/mol. The van der Waals surface area contributed by atoms with Crippen molar-refractivity contribution in [1.82, 2.24) is 9.80 Å². The van der Waals surface area contributed by atoms with Crippen molar-refractivity contribution < 1.29 is 23.4 Å². The number of nitrogens with zero attached hydrogens (tertiary/aromatic N) is 2. The second-order valence-electron chi connectivity index (χ2n) is 8.22.